The minimum atomic E-state index is -0.345. The van der Waals surface area contributed by atoms with Gasteiger partial charge in [0.2, 0.25) is 5.82 Å². The Bertz CT molecular complexity index is 760. The molecule has 0 aromatic carbocycles. The fourth-order valence-corrected chi connectivity index (χ4v) is 1.90. The number of aryl methyl sites for hydroxylation is 2. The molecule has 0 atom stereocenters. The molecule has 0 saturated carbocycles. The Hall–Kier alpha value is -2.77. The summed E-state index contributed by atoms with van der Waals surface area (Å²) in [6.07, 6.45) is 3.20. The smallest absolute Gasteiger partial charge is 0.291 e. The Balaban J connectivity index is 1.83. The van der Waals surface area contributed by atoms with Gasteiger partial charge in [0, 0.05) is 17.6 Å². The maximum Gasteiger partial charge on any atom is 0.291 e. The molecule has 1 amide bonds. The Kier molecular flexibility index (Phi) is 2.90. The van der Waals surface area contributed by atoms with Gasteiger partial charge in [-0.1, -0.05) is 0 Å². The van der Waals surface area contributed by atoms with Crippen LogP contribution in [0.3, 0.4) is 0 Å². The van der Waals surface area contributed by atoms with Gasteiger partial charge in [0.05, 0.1) is 18.6 Å². The zero-order valence-corrected chi connectivity index (χ0v) is 11.1. The summed E-state index contributed by atoms with van der Waals surface area (Å²) in [5, 5.41) is 6.88. The van der Waals surface area contributed by atoms with Crippen molar-refractivity contribution in [1.82, 2.24) is 34.9 Å². The third-order valence-electron chi connectivity index (χ3n) is 2.82. The van der Waals surface area contributed by atoms with Crippen molar-refractivity contribution in [3.63, 3.8) is 0 Å². The highest BCUT2D eigenvalue weighted by molar-refractivity contribution is 5.90. The molecule has 3 rings (SSSR count). The molecular formula is C12H13N7O. The fourth-order valence-electron chi connectivity index (χ4n) is 1.90. The predicted octanol–water partition coefficient (Wildman–Crippen LogP) is 0.394. The standard InChI is InChI=1S/C12H13N7O/c1-7-3-8(2)19-12(16-7)17-10(18-19)11(20)14-5-9-4-13-6-15-9/h3-4,6H,5H2,1-2H3,(H,13,15)(H,14,20). The summed E-state index contributed by atoms with van der Waals surface area (Å²) in [5.41, 5.74) is 2.53. The van der Waals surface area contributed by atoms with Crippen molar-refractivity contribution in [2.75, 3.05) is 0 Å². The number of imidazole rings is 1. The highest BCUT2D eigenvalue weighted by atomic mass is 16.2. The molecule has 0 spiro atoms. The van der Waals surface area contributed by atoms with Crippen LogP contribution in [-0.2, 0) is 6.54 Å². The van der Waals surface area contributed by atoms with Crippen molar-refractivity contribution in [2.24, 2.45) is 0 Å². The van der Waals surface area contributed by atoms with E-state index < -0.39 is 0 Å². The number of aromatic nitrogens is 6. The molecule has 20 heavy (non-hydrogen) atoms. The summed E-state index contributed by atoms with van der Waals surface area (Å²) >= 11 is 0. The largest absolute Gasteiger partial charge is 0.347 e. The van der Waals surface area contributed by atoms with Crippen molar-refractivity contribution in [2.45, 2.75) is 20.4 Å². The van der Waals surface area contributed by atoms with Crippen LogP contribution in [0, 0.1) is 13.8 Å². The lowest BCUT2D eigenvalue weighted by Gasteiger charge is -1.99. The van der Waals surface area contributed by atoms with Crippen LogP contribution in [-0.4, -0.2) is 35.5 Å². The van der Waals surface area contributed by atoms with Crippen molar-refractivity contribution >= 4 is 11.7 Å². The zero-order valence-electron chi connectivity index (χ0n) is 11.1. The van der Waals surface area contributed by atoms with E-state index in [1.54, 1.807) is 17.0 Å². The van der Waals surface area contributed by atoms with Crippen LogP contribution in [0.2, 0.25) is 0 Å². The number of nitrogens with zero attached hydrogens (tertiary/aromatic N) is 5. The quantitative estimate of drug-likeness (QED) is 0.717. The number of fused-ring (bicyclic) bond motifs is 1. The molecule has 0 unspecified atom stereocenters. The fraction of sp³-hybridized carbons (Fsp3) is 0.250. The Morgan fingerprint density at radius 3 is 3.00 bits per heavy atom. The van der Waals surface area contributed by atoms with E-state index in [2.05, 4.69) is 30.4 Å². The van der Waals surface area contributed by atoms with Gasteiger partial charge in [0.1, 0.15) is 0 Å². The van der Waals surface area contributed by atoms with E-state index in [9.17, 15) is 4.79 Å². The minimum absolute atomic E-state index is 0.103. The zero-order chi connectivity index (χ0) is 14.1. The van der Waals surface area contributed by atoms with Crippen LogP contribution in [0.25, 0.3) is 5.78 Å². The lowest BCUT2D eigenvalue weighted by atomic mass is 10.4. The molecule has 0 bridgehead atoms. The van der Waals surface area contributed by atoms with E-state index in [0.717, 1.165) is 17.1 Å². The topological polar surface area (TPSA) is 101 Å². The van der Waals surface area contributed by atoms with Gasteiger partial charge in [0.15, 0.2) is 0 Å². The normalized spacial score (nSPS) is 10.9. The summed E-state index contributed by atoms with van der Waals surface area (Å²) in [5.74, 6) is 0.182. The number of nitrogens with one attached hydrogen (secondary N) is 2. The first-order valence-corrected chi connectivity index (χ1v) is 6.10. The molecular weight excluding hydrogens is 258 g/mol. The van der Waals surface area contributed by atoms with Gasteiger partial charge in [-0.25, -0.2) is 14.5 Å². The first-order valence-electron chi connectivity index (χ1n) is 6.10. The van der Waals surface area contributed by atoms with E-state index in [0.29, 0.717) is 12.3 Å². The summed E-state index contributed by atoms with van der Waals surface area (Å²) in [7, 11) is 0. The van der Waals surface area contributed by atoms with E-state index in [-0.39, 0.29) is 11.7 Å². The lowest BCUT2D eigenvalue weighted by molar-refractivity contribution is 0.0940. The molecule has 8 heteroatoms. The number of aromatic amines is 1. The molecule has 0 aliphatic carbocycles. The van der Waals surface area contributed by atoms with Crippen molar-refractivity contribution in [3.05, 3.63) is 41.5 Å². The second-order valence-corrected chi connectivity index (χ2v) is 4.45. The van der Waals surface area contributed by atoms with Gasteiger partial charge >= 0.3 is 0 Å². The molecule has 0 aliphatic rings. The van der Waals surface area contributed by atoms with E-state index in [4.69, 9.17) is 0 Å². The van der Waals surface area contributed by atoms with Crippen molar-refractivity contribution in [1.29, 1.82) is 0 Å². The average Bonchev–Trinajstić information content (AvgIpc) is 3.04. The maximum absolute atomic E-state index is 12.0. The highest BCUT2D eigenvalue weighted by Crippen LogP contribution is 2.05. The van der Waals surface area contributed by atoms with Crippen LogP contribution >= 0.6 is 0 Å². The SMILES string of the molecule is Cc1cc(C)n2nc(C(=O)NCc3cnc[nH]3)nc2n1. The third kappa shape index (κ3) is 2.22. The first-order chi connectivity index (χ1) is 9.63. The van der Waals surface area contributed by atoms with Gasteiger partial charge in [-0.15, -0.1) is 5.10 Å². The van der Waals surface area contributed by atoms with Gasteiger partial charge < -0.3 is 10.3 Å². The molecule has 102 valence electrons. The molecule has 0 fully saturated rings. The van der Waals surface area contributed by atoms with Gasteiger partial charge in [-0.2, -0.15) is 4.98 Å². The van der Waals surface area contributed by atoms with Gasteiger partial charge in [-0.3, -0.25) is 4.79 Å². The number of carbonyl (C=O) groups excluding carboxylic acids is 1. The monoisotopic (exact) mass is 271 g/mol. The Morgan fingerprint density at radius 2 is 2.25 bits per heavy atom. The third-order valence-corrected chi connectivity index (χ3v) is 2.82. The number of hydrogen-bond acceptors (Lipinski definition) is 5. The minimum Gasteiger partial charge on any atom is -0.347 e. The van der Waals surface area contributed by atoms with E-state index in [1.807, 2.05) is 19.9 Å². The average molecular weight is 271 g/mol. The van der Waals surface area contributed by atoms with Crippen LogP contribution in [0.4, 0.5) is 0 Å². The van der Waals surface area contributed by atoms with E-state index >= 15 is 0 Å². The number of H-pyrrole nitrogens is 1. The first kappa shape index (κ1) is 12.3. The summed E-state index contributed by atoms with van der Waals surface area (Å²) in [6, 6.07) is 1.88. The predicted molar refractivity (Wildman–Crippen MR) is 70.0 cm³/mol. The molecule has 3 aromatic heterocycles. The van der Waals surface area contributed by atoms with Crippen LogP contribution < -0.4 is 5.32 Å². The molecule has 3 heterocycles. The second kappa shape index (κ2) is 4.72. The molecule has 3 aromatic rings. The lowest BCUT2D eigenvalue weighted by Crippen LogP contribution is -2.24. The highest BCUT2D eigenvalue weighted by Gasteiger charge is 2.14. The summed E-state index contributed by atoms with van der Waals surface area (Å²) in [6.45, 7) is 4.11. The molecule has 0 aliphatic heterocycles. The maximum atomic E-state index is 12.0. The van der Waals surface area contributed by atoms with E-state index in [1.165, 1.54) is 0 Å². The summed E-state index contributed by atoms with van der Waals surface area (Å²) in [4.78, 5) is 27.2. The molecule has 8 nitrogen and oxygen atoms in total. The molecule has 0 saturated heterocycles. The number of rotatable bonds is 3. The van der Waals surface area contributed by atoms with Gasteiger partial charge in [0.25, 0.3) is 11.7 Å². The Morgan fingerprint density at radius 1 is 1.40 bits per heavy atom. The number of amides is 1. The van der Waals surface area contributed by atoms with Crippen molar-refractivity contribution in [3.8, 4) is 0 Å². The van der Waals surface area contributed by atoms with Crippen LogP contribution in [0.1, 0.15) is 27.7 Å². The van der Waals surface area contributed by atoms with Crippen molar-refractivity contribution < 1.29 is 4.79 Å². The second-order valence-electron chi connectivity index (χ2n) is 4.45. The summed E-state index contributed by atoms with van der Waals surface area (Å²) < 4.78 is 1.55. The Labute approximate surface area is 114 Å². The van der Waals surface area contributed by atoms with Crippen LogP contribution in [0.15, 0.2) is 18.6 Å². The number of carbonyl (C=O) groups is 1. The molecule has 0 radical (unpaired) electrons. The van der Waals surface area contributed by atoms with Crippen LogP contribution in [0.5, 0.6) is 0 Å². The number of hydrogen-bond donors (Lipinski definition) is 2. The van der Waals surface area contributed by atoms with Gasteiger partial charge in [-0.05, 0) is 19.9 Å². The molecule has 2 N–H and O–H groups in total.